The largest absolute Gasteiger partial charge is 0.369 e. The van der Waals surface area contributed by atoms with Crippen molar-refractivity contribution in [2.24, 2.45) is 0 Å². The predicted octanol–water partition coefficient (Wildman–Crippen LogP) is 0.133. The summed E-state index contributed by atoms with van der Waals surface area (Å²) in [5.74, 6) is 0.853. The van der Waals surface area contributed by atoms with Gasteiger partial charge < -0.3 is 10.3 Å². The molecular formula is C8H13N3O2S. The van der Waals surface area contributed by atoms with Crippen LogP contribution in [0.5, 0.6) is 0 Å². The first-order chi connectivity index (χ1) is 6.48. The zero-order chi connectivity index (χ0) is 10.3. The molecule has 1 aromatic rings. The minimum Gasteiger partial charge on any atom is -0.369 e. The molecule has 0 amide bonds. The Balaban J connectivity index is 2.30. The van der Waals surface area contributed by atoms with Gasteiger partial charge in [-0.3, -0.25) is 0 Å². The van der Waals surface area contributed by atoms with Crippen LogP contribution in [-0.4, -0.2) is 29.5 Å². The van der Waals surface area contributed by atoms with E-state index in [2.05, 4.69) is 4.98 Å². The van der Waals surface area contributed by atoms with E-state index < -0.39 is 9.84 Å². The summed E-state index contributed by atoms with van der Waals surface area (Å²) >= 11 is 0. The van der Waals surface area contributed by atoms with Gasteiger partial charge in [0.1, 0.15) is 0 Å². The number of imidazole rings is 1. The number of nitrogen functional groups attached to an aromatic ring is 1. The molecule has 0 aromatic carbocycles. The van der Waals surface area contributed by atoms with E-state index in [0.29, 0.717) is 12.4 Å². The fourth-order valence-electron chi connectivity index (χ4n) is 1.82. The molecule has 78 valence electrons. The van der Waals surface area contributed by atoms with Gasteiger partial charge in [-0.25, -0.2) is 13.4 Å². The lowest BCUT2D eigenvalue weighted by Crippen LogP contribution is -2.12. The molecule has 1 atom stereocenters. The summed E-state index contributed by atoms with van der Waals surface area (Å²) < 4.78 is 24.3. The first kappa shape index (κ1) is 9.51. The predicted molar refractivity (Wildman–Crippen MR) is 53.7 cm³/mol. The van der Waals surface area contributed by atoms with Crippen LogP contribution in [0.15, 0.2) is 6.20 Å². The molecule has 14 heavy (non-hydrogen) atoms. The second-order valence-corrected chi connectivity index (χ2v) is 5.93. The molecule has 0 aliphatic carbocycles. The number of hydrogen-bond donors (Lipinski definition) is 1. The van der Waals surface area contributed by atoms with Crippen LogP contribution in [0.2, 0.25) is 0 Å². The lowest BCUT2D eigenvalue weighted by Gasteiger charge is -2.10. The molecule has 0 saturated carbocycles. The molecule has 0 spiro atoms. The van der Waals surface area contributed by atoms with Gasteiger partial charge in [-0.15, -0.1) is 0 Å². The summed E-state index contributed by atoms with van der Waals surface area (Å²) in [6.45, 7) is 1.84. The molecule has 0 radical (unpaired) electrons. The number of nitrogens with zero attached hydrogens (tertiary/aromatic N) is 2. The number of hydrogen-bond acceptors (Lipinski definition) is 4. The van der Waals surface area contributed by atoms with Crippen molar-refractivity contribution >= 4 is 15.8 Å². The Bertz CT molecular complexity index is 449. The third kappa shape index (κ3) is 1.61. The highest BCUT2D eigenvalue weighted by molar-refractivity contribution is 7.91. The van der Waals surface area contributed by atoms with Gasteiger partial charge in [0.2, 0.25) is 5.95 Å². The maximum Gasteiger partial charge on any atom is 0.200 e. The minimum absolute atomic E-state index is 0.0267. The normalized spacial score (nSPS) is 25.4. The number of anilines is 1. The number of aryl methyl sites for hydroxylation is 1. The zero-order valence-corrected chi connectivity index (χ0v) is 8.79. The van der Waals surface area contributed by atoms with E-state index >= 15 is 0 Å². The van der Waals surface area contributed by atoms with Gasteiger partial charge in [-0.2, -0.15) is 0 Å². The Morgan fingerprint density at radius 3 is 2.79 bits per heavy atom. The third-order valence-corrected chi connectivity index (χ3v) is 4.23. The third-order valence-electron chi connectivity index (χ3n) is 2.48. The van der Waals surface area contributed by atoms with Gasteiger partial charge >= 0.3 is 0 Å². The molecule has 6 heteroatoms. The van der Waals surface area contributed by atoms with Crippen LogP contribution in [-0.2, 0) is 9.84 Å². The highest BCUT2D eigenvalue weighted by atomic mass is 32.2. The molecule has 1 aromatic heterocycles. The topological polar surface area (TPSA) is 78.0 Å². The van der Waals surface area contributed by atoms with Crippen molar-refractivity contribution in [2.45, 2.75) is 19.4 Å². The van der Waals surface area contributed by atoms with Crippen molar-refractivity contribution in [3.63, 3.8) is 0 Å². The average Bonchev–Trinajstić information content (AvgIpc) is 2.55. The zero-order valence-electron chi connectivity index (χ0n) is 7.97. The molecule has 1 aliphatic rings. The summed E-state index contributed by atoms with van der Waals surface area (Å²) in [5, 5.41) is 0. The fourth-order valence-corrected chi connectivity index (χ4v) is 3.53. The van der Waals surface area contributed by atoms with Crippen molar-refractivity contribution in [3.8, 4) is 0 Å². The Morgan fingerprint density at radius 2 is 2.36 bits per heavy atom. The van der Waals surface area contributed by atoms with E-state index in [1.807, 2.05) is 6.92 Å². The van der Waals surface area contributed by atoms with E-state index in [0.717, 1.165) is 5.69 Å². The van der Waals surface area contributed by atoms with Crippen molar-refractivity contribution in [1.29, 1.82) is 0 Å². The van der Waals surface area contributed by atoms with Gasteiger partial charge in [0.25, 0.3) is 0 Å². The van der Waals surface area contributed by atoms with Crippen molar-refractivity contribution in [3.05, 3.63) is 11.9 Å². The van der Waals surface area contributed by atoms with Gasteiger partial charge in [0, 0.05) is 6.20 Å². The van der Waals surface area contributed by atoms with Gasteiger partial charge in [0.05, 0.1) is 23.2 Å². The molecule has 1 saturated heterocycles. The number of rotatable bonds is 1. The van der Waals surface area contributed by atoms with E-state index in [9.17, 15) is 8.42 Å². The average molecular weight is 215 g/mol. The Hall–Kier alpha value is -1.04. The van der Waals surface area contributed by atoms with Crippen LogP contribution in [0.25, 0.3) is 0 Å². The highest BCUT2D eigenvalue weighted by Gasteiger charge is 2.30. The summed E-state index contributed by atoms with van der Waals surface area (Å²) in [4.78, 5) is 4.05. The Kier molecular flexibility index (Phi) is 2.02. The van der Waals surface area contributed by atoms with Crippen molar-refractivity contribution < 1.29 is 8.42 Å². The summed E-state index contributed by atoms with van der Waals surface area (Å²) in [6, 6.07) is -0.0267. The SMILES string of the molecule is Cc1cn([C@@H]2CCS(=O)(=O)C2)c(N)n1. The summed E-state index contributed by atoms with van der Waals surface area (Å²) in [7, 11) is -2.86. The maximum atomic E-state index is 11.3. The maximum absolute atomic E-state index is 11.3. The molecule has 0 bridgehead atoms. The first-order valence-corrected chi connectivity index (χ1v) is 6.31. The van der Waals surface area contributed by atoms with Crippen LogP contribution in [0.3, 0.4) is 0 Å². The minimum atomic E-state index is -2.86. The van der Waals surface area contributed by atoms with Crippen molar-refractivity contribution in [2.75, 3.05) is 17.2 Å². The summed E-state index contributed by atoms with van der Waals surface area (Å²) in [5.41, 5.74) is 6.49. The number of aromatic nitrogens is 2. The summed E-state index contributed by atoms with van der Waals surface area (Å²) in [6.07, 6.45) is 2.45. The smallest absolute Gasteiger partial charge is 0.200 e. The van der Waals surface area contributed by atoms with E-state index in [1.54, 1.807) is 10.8 Å². The van der Waals surface area contributed by atoms with Gasteiger partial charge in [-0.1, -0.05) is 0 Å². The van der Waals surface area contributed by atoms with Gasteiger partial charge in [0.15, 0.2) is 9.84 Å². The Labute approximate surface area is 82.9 Å². The quantitative estimate of drug-likeness (QED) is 0.722. The van der Waals surface area contributed by atoms with E-state index in [4.69, 9.17) is 5.73 Å². The second kappa shape index (κ2) is 2.98. The standard InChI is InChI=1S/C8H13N3O2S/c1-6-4-11(8(9)10-6)7-2-3-14(12,13)5-7/h4,7H,2-3,5H2,1H3,(H2,9,10)/t7-/m1/s1. The second-order valence-electron chi connectivity index (χ2n) is 3.70. The van der Waals surface area contributed by atoms with Crippen LogP contribution in [0.4, 0.5) is 5.95 Å². The van der Waals surface area contributed by atoms with Crippen molar-refractivity contribution in [1.82, 2.24) is 9.55 Å². The fraction of sp³-hybridized carbons (Fsp3) is 0.625. The molecule has 2 N–H and O–H groups in total. The lowest BCUT2D eigenvalue weighted by molar-refractivity contribution is 0.562. The number of sulfone groups is 1. The molecule has 5 nitrogen and oxygen atoms in total. The van der Waals surface area contributed by atoms with Crippen LogP contribution >= 0.6 is 0 Å². The molecular weight excluding hydrogens is 202 g/mol. The monoisotopic (exact) mass is 215 g/mol. The molecule has 1 fully saturated rings. The molecule has 2 rings (SSSR count). The molecule has 0 unspecified atom stereocenters. The first-order valence-electron chi connectivity index (χ1n) is 4.49. The molecule has 2 heterocycles. The highest BCUT2D eigenvalue weighted by Crippen LogP contribution is 2.25. The van der Waals surface area contributed by atoms with Crippen LogP contribution in [0, 0.1) is 6.92 Å². The molecule has 1 aliphatic heterocycles. The number of nitrogens with two attached hydrogens (primary N) is 1. The van der Waals surface area contributed by atoms with Crippen LogP contribution in [0.1, 0.15) is 18.2 Å². The van der Waals surface area contributed by atoms with E-state index in [1.165, 1.54) is 0 Å². The van der Waals surface area contributed by atoms with Crippen LogP contribution < -0.4 is 5.73 Å². The Morgan fingerprint density at radius 1 is 1.64 bits per heavy atom. The van der Waals surface area contributed by atoms with Gasteiger partial charge in [-0.05, 0) is 13.3 Å². The van der Waals surface area contributed by atoms with E-state index in [-0.39, 0.29) is 17.5 Å². The lowest BCUT2D eigenvalue weighted by atomic mass is 10.2.